The normalized spacial score (nSPS) is 13.3. The van der Waals surface area contributed by atoms with E-state index < -0.39 is 0 Å². The van der Waals surface area contributed by atoms with E-state index in [4.69, 9.17) is 4.42 Å². The van der Waals surface area contributed by atoms with Gasteiger partial charge in [0.05, 0.1) is 0 Å². The van der Waals surface area contributed by atoms with E-state index >= 15 is 0 Å². The summed E-state index contributed by atoms with van der Waals surface area (Å²) in [6.45, 7) is 13.9. The summed E-state index contributed by atoms with van der Waals surface area (Å²) < 4.78 is 9.87. The second-order valence-electron chi connectivity index (χ2n) is 23.7. The van der Waals surface area contributed by atoms with Crippen molar-refractivity contribution in [2.75, 3.05) is 4.90 Å². The van der Waals surface area contributed by atoms with Crippen LogP contribution >= 0.6 is 0 Å². The Morgan fingerprint density at radius 1 is 0.395 bits per heavy atom. The minimum Gasteiger partial charge on any atom is -0.456 e. The number of benzene rings is 12. The van der Waals surface area contributed by atoms with Crippen LogP contribution in [0.5, 0.6) is 0 Å². The maximum atomic E-state index is 7.13. The number of para-hydroxylation sites is 1. The van der Waals surface area contributed by atoms with Crippen molar-refractivity contribution >= 4 is 122 Å². The van der Waals surface area contributed by atoms with Crippen LogP contribution in [0.25, 0.3) is 120 Å². The summed E-state index contributed by atoms with van der Waals surface area (Å²) in [6, 6.07) is 80.3. The van der Waals surface area contributed by atoms with Crippen molar-refractivity contribution in [1.82, 2.24) is 4.48 Å². The quantitative estimate of drug-likeness (QED) is 0.0999. The number of aromatic nitrogens is 1. The Kier molecular flexibility index (Phi) is 8.80. The first-order valence-corrected chi connectivity index (χ1v) is 26.9. The minimum absolute atomic E-state index is 0.0344. The van der Waals surface area contributed by atoms with E-state index in [0.29, 0.717) is 0 Å². The van der Waals surface area contributed by atoms with Gasteiger partial charge in [0.2, 0.25) is 0 Å². The lowest BCUT2D eigenvalue weighted by atomic mass is 9.44. The van der Waals surface area contributed by atoms with E-state index in [1.165, 1.54) is 115 Å². The molecule has 76 heavy (non-hydrogen) atoms. The predicted molar refractivity (Wildman–Crippen MR) is 326 cm³/mol. The van der Waals surface area contributed by atoms with Crippen LogP contribution in [0.1, 0.15) is 52.7 Å². The molecule has 0 atom stereocenters. The highest BCUT2D eigenvalue weighted by atomic mass is 16.3. The maximum absolute atomic E-state index is 7.13. The molecule has 2 aromatic heterocycles. The van der Waals surface area contributed by atoms with Gasteiger partial charge in [0, 0.05) is 61.3 Å². The van der Waals surface area contributed by atoms with Crippen LogP contribution in [0.15, 0.2) is 217 Å². The molecule has 2 aliphatic heterocycles. The van der Waals surface area contributed by atoms with E-state index in [9.17, 15) is 0 Å². The third kappa shape index (κ3) is 6.13. The van der Waals surface area contributed by atoms with Crippen molar-refractivity contribution in [1.29, 1.82) is 0 Å². The highest BCUT2D eigenvalue weighted by Gasteiger charge is 2.45. The molecule has 16 rings (SSSR count). The van der Waals surface area contributed by atoms with Crippen LogP contribution in [0.2, 0.25) is 0 Å². The first-order chi connectivity index (χ1) is 36.9. The molecule has 2 aliphatic rings. The first kappa shape index (κ1) is 43.5. The summed E-state index contributed by atoms with van der Waals surface area (Å²) in [5.74, 6) is 0. The van der Waals surface area contributed by atoms with Gasteiger partial charge in [-0.3, -0.25) is 0 Å². The Morgan fingerprint density at radius 3 is 1.57 bits per heavy atom. The summed E-state index contributed by atoms with van der Waals surface area (Å²) in [5, 5.41) is 15.0. The predicted octanol–water partition coefficient (Wildman–Crippen LogP) is 18.7. The standard InChI is InChI=1S/C72H53BN2O/c1-71(2,3)48-29-30-62-58(38-48)59-39-49(72(4,5)6)40-60-68-67-55-27-17-18-28-65(55)76-66(67)41-64-69(68)73(75(62)70(59)60)61-36-46-34-56-53-25-15-13-23-51(53)52-24-14-16-26-54(52)57(56)35-47(46)37-63(61)74(64)50-32-44(42-19-9-7-10-20-42)31-45(33-50)43-21-11-8-12-22-43/h7-41H,1-6H3. The fourth-order valence-electron chi connectivity index (χ4n) is 13.5. The van der Waals surface area contributed by atoms with Gasteiger partial charge < -0.3 is 13.8 Å². The summed E-state index contributed by atoms with van der Waals surface area (Å²) in [5.41, 5.74) is 20.0. The van der Waals surface area contributed by atoms with Crippen LogP contribution < -0.4 is 15.8 Å². The molecule has 0 aliphatic carbocycles. The Balaban J connectivity index is 1.11. The zero-order valence-electron chi connectivity index (χ0n) is 43.6. The molecule has 4 heterocycles. The Hall–Kier alpha value is -8.86. The van der Waals surface area contributed by atoms with Crippen LogP contribution in [-0.2, 0) is 10.8 Å². The van der Waals surface area contributed by atoms with Gasteiger partial charge in [0.25, 0.3) is 0 Å². The molecule has 0 spiro atoms. The van der Waals surface area contributed by atoms with Crippen LogP contribution in [-0.4, -0.2) is 11.3 Å². The second kappa shape index (κ2) is 15.4. The zero-order chi connectivity index (χ0) is 50.9. The molecule has 0 radical (unpaired) electrons. The number of hydrogen-bond acceptors (Lipinski definition) is 2. The van der Waals surface area contributed by atoms with E-state index in [2.05, 4.69) is 263 Å². The number of fused-ring (bicyclic) bond motifs is 18. The zero-order valence-corrected chi connectivity index (χ0v) is 43.6. The van der Waals surface area contributed by atoms with E-state index in [1.807, 2.05) is 0 Å². The number of rotatable bonds is 3. The third-order valence-corrected chi connectivity index (χ3v) is 17.1. The number of furan rings is 1. The van der Waals surface area contributed by atoms with Crippen LogP contribution in [0.3, 0.4) is 0 Å². The van der Waals surface area contributed by atoms with Crippen molar-refractivity contribution in [3.8, 4) is 33.4 Å². The lowest BCUT2D eigenvalue weighted by molar-refractivity contribution is 0.590. The topological polar surface area (TPSA) is 21.3 Å². The van der Waals surface area contributed by atoms with E-state index in [-0.39, 0.29) is 17.7 Å². The van der Waals surface area contributed by atoms with Crippen molar-refractivity contribution in [2.24, 2.45) is 0 Å². The second-order valence-corrected chi connectivity index (χ2v) is 23.7. The SMILES string of the molecule is CC(C)(C)c1ccc2c(c1)c1cc(C(C)(C)C)cc3c1n2B1c2cc4cc5c6ccccc6c6ccccc6c5cc4cc2N(c2cc(-c4ccccc4)cc(-c4ccccc4)c2)c2cc4oc5ccccc5c4c-3c21. The van der Waals surface area contributed by atoms with Crippen molar-refractivity contribution < 1.29 is 4.42 Å². The van der Waals surface area contributed by atoms with Crippen LogP contribution in [0.4, 0.5) is 17.1 Å². The smallest absolute Gasteiger partial charge is 0.333 e. The first-order valence-electron chi connectivity index (χ1n) is 26.9. The maximum Gasteiger partial charge on any atom is 0.333 e. The van der Waals surface area contributed by atoms with E-state index in [0.717, 1.165) is 44.7 Å². The summed E-state index contributed by atoms with van der Waals surface area (Å²) in [4.78, 5) is 2.59. The van der Waals surface area contributed by atoms with Gasteiger partial charge in [-0.25, -0.2) is 0 Å². The molecule has 0 saturated carbocycles. The number of nitrogens with zero attached hydrogens (tertiary/aromatic N) is 2. The summed E-state index contributed by atoms with van der Waals surface area (Å²) in [6.07, 6.45) is 0. The highest BCUT2D eigenvalue weighted by Crippen LogP contribution is 2.52. The van der Waals surface area contributed by atoms with E-state index in [1.54, 1.807) is 0 Å². The third-order valence-electron chi connectivity index (χ3n) is 17.1. The molecule has 0 N–H and O–H groups in total. The highest BCUT2D eigenvalue weighted by molar-refractivity contribution is 6.90. The van der Waals surface area contributed by atoms with Crippen molar-refractivity contribution in [3.05, 3.63) is 223 Å². The number of anilines is 3. The minimum atomic E-state index is -0.179. The average molecular weight is 973 g/mol. The molecule has 14 aromatic rings. The van der Waals surface area contributed by atoms with Crippen LogP contribution in [0, 0.1) is 0 Å². The summed E-state index contributed by atoms with van der Waals surface area (Å²) >= 11 is 0. The van der Waals surface area contributed by atoms with Gasteiger partial charge in [-0.1, -0.05) is 181 Å². The summed E-state index contributed by atoms with van der Waals surface area (Å²) in [7, 11) is 0. The molecule has 4 heteroatoms. The molecule has 0 fully saturated rings. The molecule has 12 aromatic carbocycles. The molecule has 0 saturated heterocycles. The monoisotopic (exact) mass is 972 g/mol. The molecule has 0 amide bonds. The lowest BCUT2D eigenvalue weighted by Crippen LogP contribution is -2.56. The van der Waals surface area contributed by atoms with Crippen molar-refractivity contribution in [3.63, 3.8) is 0 Å². The molecular formula is C72H53BN2O. The lowest BCUT2D eigenvalue weighted by Gasteiger charge is -2.41. The molecular weight excluding hydrogens is 920 g/mol. The molecule has 0 bridgehead atoms. The Bertz CT molecular complexity index is 4780. The van der Waals surface area contributed by atoms with Crippen molar-refractivity contribution in [2.45, 2.75) is 52.4 Å². The Morgan fingerprint density at radius 2 is 0.947 bits per heavy atom. The van der Waals surface area contributed by atoms with Gasteiger partial charge in [0.15, 0.2) is 0 Å². The molecule has 3 nitrogen and oxygen atoms in total. The van der Waals surface area contributed by atoms with Gasteiger partial charge in [-0.2, -0.15) is 0 Å². The number of hydrogen-bond donors (Lipinski definition) is 0. The van der Waals surface area contributed by atoms with Gasteiger partial charge in [-0.15, -0.1) is 0 Å². The van der Waals surface area contributed by atoms with Gasteiger partial charge >= 0.3 is 6.85 Å². The fourth-order valence-corrected chi connectivity index (χ4v) is 13.5. The van der Waals surface area contributed by atoms with Gasteiger partial charge in [0.1, 0.15) is 11.2 Å². The fraction of sp³-hybridized carbons (Fsp3) is 0.111. The Labute approximate surface area is 442 Å². The molecule has 0 unspecified atom stereocenters. The average Bonchev–Trinajstić information content (AvgIpc) is 4.10. The molecule has 360 valence electrons. The van der Waals surface area contributed by atoms with Gasteiger partial charge in [-0.05, 0) is 171 Å². The largest absolute Gasteiger partial charge is 0.456 e.